The summed E-state index contributed by atoms with van der Waals surface area (Å²) in [7, 11) is -7.02. The first-order valence-corrected chi connectivity index (χ1v) is 46.6. The van der Waals surface area contributed by atoms with Gasteiger partial charge in [0, 0.05) is 39.4 Å². The number of fused-ring (bicyclic) bond motifs is 4. The molecular weight excluding hydrogens is 1490 g/mol. The summed E-state index contributed by atoms with van der Waals surface area (Å²) in [5.41, 5.74) is 28.9. The van der Waals surface area contributed by atoms with Crippen molar-refractivity contribution in [1.82, 2.24) is 0 Å². The van der Waals surface area contributed by atoms with E-state index < -0.39 is 16.1 Å². The van der Waals surface area contributed by atoms with Crippen LogP contribution in [0.5, 0.6) is 0 Å². The SMILES string of the molecule is CC(C)(C)c1ccc2c(c1)B1c3ccc(-c4cc([Si](c5ccccc5)(c5ccccc5)c5cccc(-c6ccccc6)c5)cc([Si](c5ccccc5)(c5ccccc5)c5cccc(-c6ccccc6)c5)c4)cc3N(c3c(-c4ccccc4)cccc3-c3ccccc3)c3cc(C(C)(C)C)cc(c31)N2c1ccc(-c2ccccc2)cc1-c1ccccc1. The molecule has 0 amide bonds. The number of nitrogens with zero attached hydrogens (tertiary/aromatic N) is 2. The topological polar surface area (TPSA) is 6.48 Å². The molecule has 18 aromatic carbocycles. The van der Waals surface area contributed by atoms with Gasteiger partial charge in [0.25, 0.3) is 6.71 Å². The highest BCUT2D eigenvalue weighted by Gasteiger charge is 2.49. The van der Waals surface area contributed by atoms with E-state index in [0.717, 1.165) is 67.3 Å². The van der Waals surface area contributed by atoms with Gasteiger partial charge in [0.1, 0.15) is 0 Å². The summed E-state index contributed by atoms with van der Waals surface area (Å²) in [4.78, 5) is 5.40. The van der Waals surface area contributed by atoms with Gasteiger partial charge in [-0.3, -0.25) is 0 Å². The molecule has 0 bridgehead atoms. The molecule has 0 aromatic heterocycles. The lowest BCUT2D eigenvalue weighted by Crippen LogP contribution is -2.78. The molecule has 20 rings (SSSR count). The van der Waals surface area contributed by atoms with E-state index in [-0.39, 0.29) is 17.5 Å². The molecule has 0 atom stereocenters. The Hall–Kier alpha value is -13.9. The highest BCUT2D eigenvalue weighted by molar-refractivity contribution is 7.22. The zero-order valence-corrected chi connectivity index (χ0v) is 71.3. The summed E-state index contributed by atoms with van der Waals surface area (Å²) >= 11 is 0. The van der Waals surface area contributed by atoms with Gasteiger partial charge in [0.2, 0.25) is 0 Å². The van der Waals surface area contributed by atoms with Crippen molar-refractivity contribution in [3.63, 3.8) is 0 Å². The van der Waals surface area contributed by atoms with Crippen LogP contribution in [0.15, 0.2) is 455 Å². The number of para-hydroxylation sites is 1. The first kappa shape index (κ1) is 75.8. The maximum absolute atomic E-state index is 3.51. The predicted octanol–water partition coefficient (Wildman–Crippen LogP) is 22.8. The molecule has 2 nitrogen and oxygen atoms in total. The first-order valence-electron chi connectivity index (χ1n) is 42.6. The van der Waals surface area contributed by atoms with E-state index in [9.17, 15) is 0 Å². The molecule has 0 saturated heterocycles. The van der Waals surface area contributed by atoms with E-state index >= 15 is 0 Å². The van der Waals surface area contributed by atoms with Crippen LogP contribution in [0.1, 0.15) is 52.7 Å². The summed E-state index contributed by atoms with van der Waals surface area (Å²) < 4.78 is 0. The molecule has 2 aliphatic heterocycles. The smallest absolute Gasteiger partial charge is 0.252 e. The molecule has 0 spiro atoms. The largest absolute Gasteiger partial charge is 0.311 e. The van der Waals surface area contributed by atoms with Crippen molar-refractivity contribution in [2.45, 2.75) is 52.4 Å². The van der Waals surface area contributed by atoms with Crippen LogP contribution in [-0.2, 0) is 10.8 Å². The quantitative estimate of drug-likeness (QED) is 0.0662. The summed E-state index contributed by atoms with van der Waals surface area (Å²) in [6.07, 6.45) is 0. The van der Waals surface area contributed by atoms with Gasteiger partial charge in [-0.2, -0.15) is 0 Å². The zero-order valence-electron chi connectivity index (χ0n) is 69.3. The molecule has 0 radical (unpaired) electrons. The van der Waals surface area contributed by atoms with Crippen LogP contribution in [0.4, 0.5) is 34.1 Å². The monoisotopic (exact) mass is 1580 g/mol. The average Bonchev–Trinajstić information content (AvgIpc) is 0.684. The minimum absolute atomic E-state index is 0.192. The maximum Gasteiger partial charge on any atom is 0.252 e. The van der Waals surface area contributed by atoms with E-state index in [2.05, 4.69) is 506 Å². The van der Waals surface area contributed by atoms with Gasteiger partial charge in [-0.1, -0.05) is 460 Å². The molecule has 0 aliphatic carbocycles. The molecule has 2 aliphatic rings. The molecule has 0 fully saturated rings. The van der Waals surface area contributed by atoms with E-state index in [1.54, 1.807) is 0 Å². The molecule has 0 saturated carbocycles. The molecule has 18 aromatic rings. The van der Waals surface area contributed by atoms with Gasteiger partial charge in [-0.15, -0.1) is 0 Å². The lowest BCUT2D eigenvalue weighted by Gasteiger charge is -2.46. The van der Waals surface area contributed by atoms with Crippen LogP contribution >= 0.6 is 0 Å². The Morgan fingerprint density at radius 2 is 0.521 bits per heavy atom. The van der Waals surface area contributed by atoms with Crippen molar-refractivity contribution in [3.8, 4) is 77.9 Å². The molecule has 0 unspecified atom stereocenters. The highest BCUT2D eigenvalue weighted by atomic mass is 28.3. The second kappa shape index (κ2) is 31.4. The summed E-state index contributed by atoms with van der Waals surface area (Å²) in [6.45, 7) is 14.1. The van der Waals surface area contributed by atoms with Crippen LogP contribution in [0.25, 0.3) is 77.9 Å². The Morgan fingerprint density at radius 3 is 0.942 bits per heavy atom. The van der Waals surface area contributed by atoms with Crippen LogP contribution in [0, 0.1) is 0 Å². The van der Waals surface area contributed by atoms with Crippen LogP contribution in [-0.4, -0.2) is 22.9 Å². The van der Waals surface area contributed by atoms with Gasteiger partial charge in [0.15, 0.2) is 16.1 Å². The standard InChI is InChI=1S/C116H93BN2Si2/c1-115(2,3)93-68-71-109-107(78-93)117-106-69-66-91(77-110(106)119(114-103(85-46-23-10-24-47-85)64-39-65-104(114)86-48-25-11-26-49-86)112-80-94(116(4,5)6)79-111(113(112)117)118(109)108-70-67-90(84-44-21-9-22-45-84)76-105(108)87-50-27-12-28-51-87)92-74-101(120(95-54-29-13-30-55-95,96-56-31-14-32-57-96)99-62-37-52-88(72-99)82-40-17-7-18-41-82)81-102(75-92)121(97-58-33-15-34-59-97,98-60-35-16-36-61-98)100-63-38-53-89(73-100)83-42-19-8-20-43-83/h7-81H,1-6H3. The second-order valence-corrected chi connectivity index (χ2v) is 42.3. The first-order chi connectivity index (χ1) is 59.3. The number of benzene rings is 18. The molecule has 578 valence electrons. The van der Waals surface area contributed by atoms with E-state index in [0.29, 0.717) is 0 Å². The Kier molecular flexibility index (Phi) is 19.7. The fraction of sp³-hybridized carbons (Fsp3) is 0.0690. The normalized spacial score (nSPS) is 12.5. The summed E-state index contributed by atoms with van der Waals surface area (Å²) in [5, 5.41) is 10.4. The van der Waals surface area contributed by atoms with Crippen molar-refractivity contribution in [3.05, 3.63) is 466 Å². The Balaban J connectivity index is 0.947. The van der Waals surface area contributed by atoms with Crippen molar-refractivity contribution < 1.29 is 0 Å². The average molecular weight is 1580 g/mol. The number of hydrogen-bond acceptors (Lipinski definition) is 2. The third-order valence-corrected chi connectivity index (χ3v) is 34.9. The van der Waals surface area contributed by atoms with Gasteiger partial charge in [0.05, 0.1) is 11.4 Å². The molecule has 121 heavy (non-hydrogen) atoms. The lowest BCUT2D eigenvalue weighted by molar-refractivity contribution is 0.590. The van der Waals surface area contributed by atoms with Crippen LogP contribution in [0.2, 0.25) is 0 Å². The van der Waals surface area contributed by atoms with Gasteiger partial charge >= 0.3 is 0 Å². The van der Waals surface area contributed by atoms with Crippen molar-refractivity contribution >= 4 is 115 Å². The van der Waals surface area contributed by atoms with Crippen LogP contribution < -0.4 is 67.7 Å². The Morgan fingerprint density at radius 1 is 0.190 bits per heavy atom. The van der Waals surface area contributed by atoms with E-state index in [1.165, 1.54) is 114 Å². The Bertz CT molecular complexity index is 6490. The lowest BCUT2D eigenvalue weighted by atomic mass is 9.33. The number of anilines is 6. The van der Waals surface area contributed by atoms with Crippen molar-refractivity contribution in [2.24, 2.45) is 0 Å². The van der Waals surface area contributed by atoms with Crippen molar-refractivity contribution in [1.29, 1.82) is 0 Å². The van der Waals surface area contributed by atoms with Gasteiger partial charge in [-0.25, -0.2) is 0 Å². The minimum Gasteiger partial charge on any atom is -0.311 e. The maximum atomic E-state index is 2.75. The third kappa shape index (κ3) is 13.6. The molecule has 0 N–H and O–H groups in total. The fourth-order valence-electron chi connectivity index (χ4n) is 19.6. The number of rotatable bonds is 17. The second-order valence-electron chi connectivity index (χ2n) is 34.6. The van der Waals surface area contributed by atoms with E-state index in [4.69, 9.17) is 0 Å². The van der Waals surface area contributed by atoms with Gasteiger partial charge in [-0.05, 0) is 177 Å². The number of hydrogen-bond donors (Lipinski definition) is 0. The third-order valence-electron chi connectivity index (χ3n) is 25.4. The molecule has 5 heteroatoms. The minimum atomic E-state index is -3.51. The predicted molar refractivity (Wildman–Crippen MR) is 523 cm³/mol. The Labute approximate surface area is 715 Å². The summed E-state index contributed by atoms with van der Waals surface area (Å²) in [5.74, 6) is 0. The molecular formula is C116H93BN2Si2. The highest BCUT2D eigenvalue weighted by Crippen LogP contribution is 2.53. The zero-order chi connectivity index (χ0) is 81.8. The van der Waals surface area contributed by atoms with E-state index in [1.807, 2.05) is 0 Å². The summed E-state index contributed by atoms with van der Waals surface area (Å²) in [6, 6.07) is 174. The van der Waals surface area contributed by atoms with Gasteiger partial charge < -0.3 is 9.80 Å². The van der Waals surface area contributed by atoms with Crippen LogP contribution in [0.3, 0.4) is 0 Å². The molecule has 2 heterocycles. The fourth-order valence-corrected chi connectivity index (χ4v) is 29.4. The van der Waals surface area contributed by atoms with Crippen molar-refractivity contribution in [2.75, 3.05) is 9.80 Å².